The fourth-order valence-corrected chi connectivity index (χ4v) is 1.73. The smallest absolute Gasteiger partial charge is 0.407 e. The number of likely N-dealkylation sites (N-methyl/N-ethyl adjacent to an activating group) is 1. The molecule has 0 bridgehead atoms. The van der Waals surface area contributed by atoms with Crippen LogP contribution in [0.15, 0.2) is 24.3 Å². The molecule has 0 radical (unpaired) electrons. The number of ether oxygens (including phenoxy) is 1. The first-order valence-electron chi connectivity index (χ1n) is 6.68. The predicted octanol–water partition coefficient (Wildman–Crippen LogP) is 2.09. The Labute approximate surface area is 124 Å². The molecular weight excluding hydrogens is 274 g/mol. The maximum atomic E-state index is 11.7. The van der Waals surface area contributed by atoms with E-state index in [4.69, 9.17) is 4.74 Å². The van der Waals surface area contributed by atoms with Gasteiger partial charge in [0.25, 0.3) is 5.69 Å². The van der Waals surface area contributed by atoms with Crippen LogP contribution in [0.1, 0.15) is 18.5 Å². The monoisotopic (exact) mass is 296 g/mol. The van der Waals surface area contributed by atoms with E-state index in [1.165, 1.54) is 6.07 Å². The van der Waals surface area contributed by atoms with E-state index in [9.17, 15) is 14.9 Å². The summed E-state index contributed by atoms with van der Waals surface area (Å²) < 4.78 is 5.76. The molecule has 1 aromatic carbocycles. The van der Waals surface area contributed by atoms with Crippen LogP contribution in [-0.4, -0.2) is 49.8 Å². The van der Waals surface area contributed by atoms with Crippen LogP contribution in [0.5, 0.6) is 0 Å². The maximum absolute atomic E-state index is 11.7. The van der Waals surface area contributed by atoms with Crippen molar-refractivity contribution >= 4 is 11.8 Å². The molecule has 0 heterocycles. The minimum atomic E-state index is -0.575. The van der Waals surface area contributed by atoms with Crippen LogP contribution in [-0.2, 0) is 4.74 Å². The Bertz CT molecular complexity index is 511. The minimum Gasteiger partial charge on any atom is -0.444 e. The lowest BCUT2D eigenvalue weighted by Gasteiger charge is -2.23. The summed E-state index contributed by atoms with van der Waals surface area (Å²) in [6.45, 7) is 2.66. The number of quaternary nitrogens is 1. The van der Waals surface area contributed by atoms with Crippen molar-refractivity contribution in [3.05, 3.63) is 39.9 Å². The van der Waals surface area contributed by atoms with Gasteiger partial charge in [0.05, 0.1) is 37.7 Å². The van der Waals surface area contributed by atoms with Crippen LogP contribution in [0.3, 0.4) is 0 Å². The molecule has 1 rings (SSSR count). The van der Waals surface area contributed by atoms with Crippen LogP contribution >= 0.6 is 0 Å². The van der Waals surface area contributed by atoms with Crippen LogP contribution < -0.4 is 5.32 Å². The molecule has 0 fully saturated rings. The van der Waals surface area contributed by atoms with E-state index in [1.807, 2.05) is 21.1 Å². The molecule has 0 aliphatic carbocycles. The Morgan fingerprint density at radius 1 is 1.38 bits per heavy atom. The number of rotatable bonds is 6. The van der Waals surface area contributed by atoms with Gasteiger partial charge in [-0.1, -0.05) is 18.2 Å². The van der Waals surface area contributed by atoms with E-state index in [-0.39, 0.29) is 5.69 Å². The fraction of sp³-hybridized carbons (Fsp3) is 0.500. The maximum Gasteiger partial charge on any atom is 0.407 e. The normalized spacial score (nSPS) is 12.6. The lowest BCUT2D eigenvalue weighted by molar-refractivity contribution is -0.870. The Morgan fingerprint density at radius 2 is 2.00 bits per heavy atom. The number of nitro benzene ring substituents is 1. The first-order valence-corrected chi connectivity index (χ1v) is 6.68. The van der Waals surface area contributed by atoms with E-state index in [1.54, 1.807) is 25.1 Å². The number of carbonyl (C=O) groups excluding carboxylic acids is 1. The summed E-state index contributed by atoms with van der Waals surface area (Å²) in [7, 11) is 5.99. The van der Waals surface area contributed by atoms with Gasteiger partial charge >= 0.3 is 6.09 Å². The molecule has 1 aromatic rings. The van der Waals surface area contributed by atoms with E-state index in [0.717, 1.165) is 0 Å². The van der Waals surface area contributed by atoms with Gasteiger partial charge in [0.15, 0.2) is 0 Å². The van der Waals surface area contributed by atoms with Gasteiger partial charge in [-0.05, 0) is 6.92 Å². The summed E-state index contributed by atoms with van der Waals surface area (Å²) in [6, 6.07) is 5.82. The molecule has 116 valence electrons. The average Bonchev–Trinajstić information content (AvgIpc) is 2.37. The van der Waals surface area contributed by atoms with Crippen molar-refractivity contribution in [2.75, 3.05) is 34.3 Å². The third-order valence-corrected chi connectivity index (χ3v) is 2.93. The molecule has 0 saturated carbocycles. The quantitative estimate of drug-likeness (QED) is 0.495. The topological polar surface area (TPSA) is 81.5 Å². The molecule has 7 heteroatoms. The zero-order valence-corrected chi connectivity index (χ0v) is 12.8. The van der Waals surface area contributed by atoms with Crippen LogP contribution in [0.25, 0.3) is 0 Å². The van der Waals surface area contributed by atoms with E-state index in [0.29, 0.717) is 23.2 Å². The molecule has 0 aromatic heterocycles. The molecular formula is C14H22N3O4+. The minimum absolute atomic E-state index is 0.0170. The lowest BCUT2D eigenvalue weighted by Crippen LogP contribution is -2.39. The van der Waals surface area contributed by atoms with Crippen molar-refractivity contribution in [2.45, 2.75) is 13.0 Å². The number of nitrogens with zero attached hydrogens (tertiary/aromatic N) is 2. The summed E-state index contributed by atoms with van der Waals surface area (Å²) in [5.41, 5.74) is 0.433. The zero-order chi connectivity index (χ0) is 16.0. The third-order valence-electron chi connectivity index (χ3n) is 2.93. The van der Waals surface area contributed by atoms with Crippen LogP contribution in [0.4, 0.5) is 10.5 Å². The first-order chi connectivity index (χ1) is 9.70. The summed E-state index contributed by atoms with van der Waals surface area (Å²) in [5.74, 6) is 0. The second-order valence-electron chi connectivity index (χ2n) is 5.83. The number of benzene rings is 1. The standard InChI is InChI=1S/C14H21N3O4/c1-11(12-7-5-6-8-13(12)16(19)20)15-14(18)21-10-9-17(2,3)4/h5-8,11H,9-10H2,1-4H3/p+1. The molecule has 21 heavy (non-hydrogen) atoms. The molecule has 1 atom stereocenters. The van der Waals surface area contributed by atoms with Crippen molar-refractivity contribution in [2.24, 2.45) is 0 Å². The number of hydrogen-bond acceptors (Lipinski definition) is 4. The van der Waals surface area contributed by atoms with Crippen molar-refractivity contribution in [3.63, 3.8) is 0 Å². The lowest BCUT2D eigenvalue weighted by atomic mass is 10.1. The number of alkyl carbamates (subject to hydrolysis) is 1. The highest BCUT2D eigenvalue weighted by molar-refractivity contribution is 5.68. The molecule has 1 N–H and O–H groups in total. The highest BCUT2D eigenvalue weighted by atomic mass is 16.6. The molecule has 0 aliphatic rings. The second kappa shape index (κ2) is 7.03. The molecule has 0 aliphatic heterocycles. The van der Waals surface area contributed by atoms with E-state index in [2.05, 4.69) is 5.32 Å². The molecule has 1 unspecified atom stereocenters. The highest BCUT2D eigenvalue weighted by Gasteiger charge is 2.20. The van der Waals surface area contributed by atoms with E-state index < -0.39 is 17.1 Å². The Kier molecular flexibility index (Phi) is 5.66. The highest BCUT2D eigenvalue weighted by Crippen LogP contribution is 2.24. The van der Waals surface area contributed by atoms with Gasteiger partial charge in [0, 0.05) is 6.07 Å². The average molecular weight is 296 g/mol. The van der Waals surface area contributed by atoms with Gasteiger partial charge in [0.2, 0.25) is 0 Å². The van der Waals surface area contributed by atoms with Gasteiger partial charge in [-0.25, -0.2) is 4.79 Å². The summed E-state index contributed by atoms with van der Waals surface area (Å²) in [5, 5.41) is 13.6. The Morgan fingerprint density at radius 3 is 2.57 bits per heavy atom. The Balaban J connectivity index is 2.59. The van der Waals surface area contributed by atoms with Crippen LogP contribution in [0, 0.1) is 10.1 Å². The number of nitro groups is 1. The van der Waals surface area contributed by atoms with Crippen molar-refractivity contribution in [3.8, 4) is 0 Å². The summed E-state index contributed by atoms with van der Waals surface area (Å²) >= 11 is 0. The number of para-hydroxylation sites is 1. The van der Waals surface area contributed by atoms with Gasteiger partial charge in [-0.3, -0.25) is 10.1 Å². The molecule has 7 nitrogen and oxygen atoms in total. The number of nitrogens with one attached hydrogen (secondary N) is 1. The molecule has 0 saturated heterocycles. The van der Waals surface area contributed by atoms with Gasteiger partial charge < -0.3 is 14.5 Å². The molecule has 1 amide bonds. The summed E-state index contributed by atoms with van der Waals surface area (Å²) in [6.07, 6.45) is -0.575. The van der Waals surface area contributed by atoms with Crippen molar-refractivity contribution in [1.82, 2.24) is 5.32 Å². The van der Waals surface area contributed by atoms with Crippen molar-refractivity contribution < 1.29 is 18.9 Å². The number of hydrogen-bond donors (Lipinski definition) is 1. The van der Waals surface area contributed by atoms with Gasteiger partial charge in [-0.15, -0.1) is 0 Å². The third kappa shape index (κ3) is 5.78. The SMILES string of the molecule is CC(NC(=O)OCC[N+](C)(C)C)c1ccccc1[N+](=O)[O-]. The van der Waals surface area contributed by atoms with Crippen molar-refractivity contribution in [1.29, 1.82) is 0 Å². The largest absolute Gasteiger partial charge is 0.444 e. The number of carbonyl (C=O) groups is 1. The zero-order valence-electron chi connectivity index (χ0n) is 12.8. The van der Waals surface area contributed by atoms with Gasteiger partial charge in [-0.2, -0.15) is 0 Å². The first kappa shape index (κ1) is 16.9. The predicted molar refractivity (Wildman–Crippen MR) is 78.9 cm³/mol. The number of amides is 1. The second-order valence-corrected chi connectivity index (χ2v) is 5.83. The Hall–Kier alpha value is -2.15. The van der Waals surface area contributed by atoms with E-state index >= 15 is 0 Å². The molecule has 0 spiro atoms. The fourth-order valence-electron chi connectivity index (χ4n) is 1.73. The summed E-state index contributed by atoms with van der Waals surface area (Å²) in [4.78, 5) is 22.2. The van der Waals surface area contributed by atoms with Crippen LogP contribution in [0.2, 0.25) is 0 Å². The van der Waals surface area contributed by atoms with Gasteiger partial charge in [0.1, 0.15) is 13.2 Å².